The van der Waals surface area contributed by atoms with E-state index in [1.807, 2.05) is 0 Å². The summed E-state index contributed by atoms with van der Waals surface area (Å²) in [5.41, 5.74) is -0.193. The summed E-state index contributed by atoms with van der Waals surface area (Å²) < 4.78 is 42.8. The van der Waals surface area contributed by atoms with E-state index in [2.05, 4.69) is 15.3 Å². The first-order valence-corrected chi connectivity index (χ1v) is 11.4. The summed E-state index contributed by atoms with van der Waals surface area (Å²) in [6.45, 7) is 0. The summed E-state index contributed by atoms with van der Waals surface area (Å²) in [7, 11) is -4.36. The van der Waals surface area contributed by atoms with Crippen LogP contribution in [-0.2, 0) is 9.84 Å². The highest BCUT2D eigenvalue weighted by atomic mass is 35.5. The average molecular weight is 482 g/mol. The maximum Gasteiger partial charge on any atom is 0.289 e. The Balaban J connectivity index is 1.88. The van der Waals surface area contributed by atoms with Gasteiger partial charge < -0.3 is 0 Å². The number of fused-ring (bicyclic) bond motifs is 1. The number of para-hydroxylation sites is 1. The SMILES string of the molecule is O=c1c2nnn(-c3ccccc3)c2nc(S(=O)(=O)c2ccc(F)cc2)n1-c1cccc(Cl)c1. The molecule has 0 aliphatic heterocycles. The van der Waals surface area contributed by atoms with E-state index >= 15 is 0 Å². The van der Waals surface area contributed by atoms with Crippen molar-refractivity contribution in [2.75, 3.05) is 0 Å². The fourth-order valence-corrected chi connectivity index (χ4v) is 4.86. The van der Waals surface area contributed by atoms with Crippen LogP contribution >= 0.6 is 11.6 Å². The highest BCUT2D eigenvalue weighted by Gasteiger charge is 2.29. The molecule has 0 saturated heterocycles. The highest BCUT2D eigenvalue weighted by Crippen LogP contribution is 2.24. The zero-order valence-corrected chi connectivity index (χ0v) is 18.2. The molecule has 0 aliphatic carbocycles. The predicted octanol–water partition coefficient (Wildman–Crippen LogP) is 3.59. The second-order valence-corrected chi connectivity index (χ2v) is 9.26. The van der Waals surface area contributed by atoms with Gasteiger partial charge in [0.05, 0.1) is 16.3 Å². The van der Waals surface area contributed by atoms with E-state index in [4.69, 9.17) is 11.6 Å². The summed E-state index contributed by atoms with van der Waals surface area (Å²) in [5.74, 6) is -0.601. The van der Waals surface area contributed by atoms with Crippen LogP contribution in [0.4, 0.5) is 4.39 Å². The lowest BCUT2D eigenvalue weighted by atomic mass is 10.3. The van der Waals surface area contributed by atoms with Crippen molar-refractivity contribution in [1.82, 2.24) is 24.5 Å². The fraction of sp³-hybridized carbons (Fsp3) is 0. The largest absolute Gasteiger partial charge is 0.289 e. The van der Waals surface area contributed by atoms with Crippen LogP contribution in [0.2, 0.25) is 5.02 Å². The van der Waals surface area contributed by atoms with Crippen molar-refractivity contribution in [2.24, 2.45) is 0 Å². The van der Waals surface area contributed by atoms with Gasteiger partial charge in [0.1, 0.15) is 5.82 Å². The molecule has 8 nitrogen and oxygen atoms in total. The van der Waals surface area contributed by atoms with Gasteiger partial charge in [-0.3, -0.25) is 4.79 Å². The number of rotatable bonds is 4. The summed E-state index contributed by atoms with van der Waals surface area (Å²) in [6.07, 6.45) is 0. The van der Waals surface area contributed by atoms with Crippen molar-refractivity contribution in [2.45, 2.75) is 10.1 Å². The fourth-order valence-electron chi connectivity index (χ4n) is 3.33. The Morgan fingerprint density at radius 1 is 0.879 bits per heavy atom. The van der Waals surface area contributed by atoms with Crippen molar-refractivity contribution in [3.05, 3.63) is 100 Å². The van der Waals surface area contributed by atoms with E-state index in [0.29, 0.717) is 5.69 Å². The molecule has 2 aromatic heterocycles. The van der Waals surface area contributed by atoms with Crippen LogP contribution in [0.1, 0.15) is 0 Å². The number of hydrogen-bond acceptors (Lipinski definition) is 6. The van der Waals surface area contributed by atoms with E-state index in [9.17, 15) is 17.6 Å². The second kappa shape index (κ2) is 7.91. The second-order valence-electron chi connectivity index (χ2n) is 6.98. The van der Waals surface area contributed by atoms with Crippen LogP contribution < -0.4 is 5.56 Å². The van der Waals surface area contributed by atoms with Gasteiger partial charge in [-0.15, -0.1) is 5.10 Å². The van der Waals surface area contributed by atoms with Crippen LogP contribution in [0.15, 0.2) is 93.7 Å². The average Bonchev–Trinajstić information content (AvgIpc) is 3.24. The molecule has 5 aromatic rings. The van der Waals surface area contributed by atoms with E-state index < -0.39 is 26.4 Å². The molecule has 33 heavy (non-hydrogen) atoms. The molecule has 3 aromatic carbocycles. The topological polar surface area (TPSA) is 99.7 Å². The molecule has 0 spiro atoms. The molecule has 0 radical (unpaired) electrons. The van der Waals surface area contributed by atoms with Gasteiger partial charge >= 0.3 is 0 Å². The molecule has 0 bridgehead atoms. The Hall–Kier alpha value is -3.89. The van der Waals surface area contributed by atoms with Crippen LogP contribution in [0.25, 0.3) is 22.5 Å². The molecular weight excluding hydrogens is 469 g/mol. The summed E-state index contributed by atoms with van der Waals surface area (Å²) in [4.78, 5) is 17.6. The summed E-state index contributed by atoms with van der Waals surface area (Å²) in [6, 6.07) is 19.1. The lowest BCUT2D eigenvalue weighted by Gasteiger charge is -2.13. The highest BCUT2D eigenvalue weighted by molar-refractivity contribution is 7.91. The third kappa shape index (κ3) is 3.59. The van der Waals surface area contributed by atoms with Crippen molar-refractivity contribution >= 4 is 32.6 Å². The smallest absolute Gasteiger partial charge is 0.266 e. The molecule has 0 atom stereocenters. The summed E-state index contributed by atoms with van der Waals surface area (Å²) in [5, 5.41) is 7.67. The number of sulfone groups is 1. The Kier molecular flexibility index (Phi) is 5.03. The van der Waals surface area contributed by atoms with Gasteiger partial charge in [-0.1, -0.05) is 41.1 Å². The molecule has 0 fully saturated rings. The zero-order chi connectivity index (χ0) is 23.2. The first-order valence-electron chi connectivity index (χ1n) is 9.57. The van der Waals surface area contributed by atoms with E-state index in [0.717, 1.165) is 28.8 Å². The Labute approximate surface area is 191 Å². The van der Waals surface area contributed by atoms with Gasteiger partial charge in [0.25, 0.3) is 5.56 Å². The van der Waals surface area contributed by atoms with Gasteiger partial charge in [-0.25, -0.2) is 17.4 Å². The Morgan fingerprint density at radius 3 is 2.27 bits per heavy atom. The molecule has 0 aliphatic rings. The zero-order valence-electron chi connectivity index (χ0n) is 16.6. The van der Waals surface area contributed by atoms with Crippen molar-refractivity contribution in [1.29, 1.82) is 0 Å². The predicted molar refractivity (Wildman–Crippen MR) is 119 cm³/mol. The van der Waals surface area contributed by atoms with Crippen molar-refractivity contribution < 1.29 is 12.8 Å². The van der Waals surface area contributed by atoms with Crippen LogP contribution in [0, 0.1) is 5.82 Å². The van der Waals surface area contributed by atoms with E-state index in [-0.39, 0.29) is 26.8 Å². The lowest BCUT2D eigenvalue weighted by molar-refractivity contribution is 0.579. The standard InChI is InChI=1S/C22H13ClFN5O3S/c23-14-5-4-8-17(13-14)28-21(30)19-20(29(27-26-19)16-6-2-1-3-7-16)25-22(28)33(31,32)18-11-9-15(24)10-12-18/h1-13H. The van der Waals surface area contributed by atoms with E-state index in [1.165, 1.54) is 16.8 Å². The minimum absolute atomic E-state index is 0.0369. The molecule has 0 unspecified atom stereocenters. The number of aromatic nitrogens is 5. The molecule has 164 valence electrons. The normalized spacial score (nSPS) is 11.7. The monoisotopic (exact) mass is 481 g/mol. The minimum Gasteiger partial charge on any atom is -0.266 e. The molecule has 0 amide bonds. The molecule has 11 heteroatoms. The molecule has 0 saturated carbocycles. The quantitative estimate of drug-likeness (QED) is 0.287. The number of nitrogens with zero attached hydrogens (tertiary/aromatic N) is 5. The van der Waals surface area contributed by atoms with E-state index in [1.54, 1.807) is 42.5 Å². The third-order valence-electron chi connectivity index (χ3n) is 4.88. The Bertz CT molecular complexity index is 1670. The number of hydrogen-bond donors (Lipinski definition) is 0. The first kappa shape index (κ1) is 21.0. The molecule has 0 N–H and O–H groups in total. The molecule has 2 heterocycles. The van der Waals surface area contributed by atoms with Crippen molar-refractivity contribution in [3.8, 4) is 11.4 Å². The van der Waals surface area contributed by atoms with Gasteiger partial charge in [-0.2, -0.15) is 9.67 Å². The van der Waals surface area contributed by atoms with Gasteiger partial charge in [0.2, 0.25) is 15.0 Å². The first-order chi connectivity index (χ1) is 15.9. The minimum atomic E-state index is -4.36. The lowest BCUT2D eigenvalue weighted by Crippen LogP contribution is -2.27. The molecule has 5 rings (SSSR count). The Morgan fingerprint density at radius 2 is 1.58 bits per heavy atom. The van der Waals surface area contributed by atoms with Gasteiger partial charge in [0, 0.05) is 5.02 Å². The van der Waals surface area contributed by atoms with Crippen molar-refractivity contribution in [3.63, 3.8) is 0 Å². The third-order valence-corrected chi connectivity index (χ3v) is 6.76. The van der Waals surface area contributed by atoms with Crippen LogP contribution in [0.5, 0.6) is 0 Å². The number of benzene rings is 3. The van der Waals surface area contributed by atoms with Gasteiger partial charge in [-0.05, 0) is 54.6 Å². The van der Waals surface area contributed by atoms with Crippen LogP contribution in [-0.4, -0.2) is 33.0 Å². The maximum absolute atomic E-state index is 13.6. The maximum atomic E-state index is 13.6. The van der Waals surface area contributed by atoms with Crippen LogP contribution in [0.3, 0.4) is 0 Å². The van der Waals surface area contributed by atoms with Gasteiger partial charge in [0.15, 0.2) is 11.2 Å². The summed E-state index contributed by atoms with van der Waals surface area (Å²) >= 11 is 6.09. The number of halogens is 2. The molecular formula is C22H13ClFN5O3S.